The molecule has 7 saturated heterocycles. The molecule has 35 atom stereocenters. The molecule has 7 heterocycles. The number of amides is 5. The summed E-state index contributed by atoms with van der Waals surface area (Å²) in [5, 5.41) is 209. The summed E-state index contributed by atoms with van der Waals surface area (Å²) in [6.45, 7) is -1.72. The lowest BCUT2D eigenvalue weighted by Crippen LogP contribution is -2.71. The molecule has 0 aromatic rings. The van der Waals surface area contributed by atoms with Crippen LogP contribution in [0.3, 0.4) is 0 Å². The van der Waals surface area contributed by atoms with Gasteiger partial charge in [0, 0.05) is 34.6 Å². The van der Waals surface area contributed by atoms with E-state index in [1.54, 1.807) is 0 Å². The molecule has 0 unspecified atom stereocenters. The number of aliphatic hydroxyl groups is 18. The van der Waals surface area contributed by atoms with Gasteiger partial charge in [-0.3, -0.25) is 24.0 Å². The van der Waals surface area contributed by atoms with Crippen molar-refractivity contribution < 1.29 is 177 Å². The maximum Gasteiger partial charge on any atom is 0.217 e. The molecule has 0 radical (unpaired) electrons. The third kappa shape index (κ3) is 17.5. The Bertz CT molecular complexity index is 2440. The highest BCUT2D eigenvalue weighted by molar-refractivity contribution is 5.75. The first-order valence-corrected chi connectivity index (χ1v) is 29.6. The van der Waals surface area contributed by atoms with Crippen LogP contribution in [0.2, 0.25) is 0 Å². The highest BCUT2D eigenvalue weighted by atomic mass is 16.8. The molecule has 0 bridgehead atoms. The van der Waals surface area contributed by atoms with Crippen LogP contribution in [-0.2, 0) is 85.6 Å². The minimum Gasteiger partial charge on any atom is -0.394 e. The van der Waals surface area contributed by atoms with Crippen LogP contribution in [0.1, 0.15) is 34.6 Å². The Morgan fingerprint density at radius 1 is 0.280 bits per heavy atom. The van der Waals surface area contributed by atoms with Gasteiger partial charge >= 0.3 is 0 Å². The van der Waals surface area contributed by atoms with Crippen molar-refractivity contribution in [1.82, 2.24) is 26.6 Å². The third-order valence-corrected chi connectivity index (χ3v) is 16.5. The van der Waals surface area contributed by atoms with Crippen LogP contribution in [0.15, 0.2) is 0 Å². The molecule has 93 heavy (non-hydrogen) atoms. The Hall–Kier alpha value is -3.89. The standard InChI is InChI=1S/C52H87N5O36/c1-13(64)53-25-35(74)30(69)18(6-58)83-48(25)92-44-32(71)20(8-60)85-51(39(44)78)89-41-22(10-62)87-47(27(37(41)76)55-15(3)66)81-12-24-34(73)43(29(46(80)82-24)57-17(5)68)91-50-28(56-16(4)67)38(77)42(23(11-63)88-50)90-52-40(79)45(33(72)21(9-61)86-52)93-49-26(54-14(2)65)36(75)31(70)19(7-59)84-49/h18-52,58-63,69-80H,6-12H2,1-5H3,(H,53,64)(H,54,65)(H,55,66)(H,56,67)(H,57,68)/t18-,19-,20-,21-,22-,23-,24-,25-,26-,27-,28-,29-,30-,31-,32+,33+,34+,35-,36-,37-,38-,39-,40-,41-,42-,43-,44+,45+,46+,47-,48+,49+,50+,51+,52+/m1/s1. The van der Waals surface area contributed by atoms with E-state index in [2.05, 4.69) is 26.6 Å². The van der Waals surface area contributed by atoms with E-state index < -0.39 is 290 Å². The van der Waals surface area contributed by atoms with E-state index in [1.807, 2.05) is 0 Å². The van der Waals surface area contributed by atoms with Crippen LogP contribution in [0.5, 0.6) is 0 Å². The summed E-state index contributed by atoms with van der Waals surface area (Å²) in [4.78, 5) is 62.4. The predicted octanol–water partition coefficient (Wildman–Crippen LogP) is -15.6. The van der Waals surface area contributed by atoms with Crippen LogP contribution in [0.4, 0.5) is 0 Å². The second kappa shape index (κ2) is 33.6. The Kier molecular flexibility index (Phi) is 27.6. The molecule has 536 valence electrons. The fourth-order valence-electron chi connectivity index (χ4n) is 11.9. The second-order valence-corrected chi connectivity index (χ2v) is 23.3. The van der Waals surface area contributed by atoms with E-state index in [4.69, 9.17) is 61.6 Å². The van der Waals surface area contributed by atoms with Crippen molar-refractivity contribution in [2.45, 2.75) is 249 Å². The fraction of sp³-hybridized carbons (Fsp3) is 0.904. The normalized spacial score (nSPS) is 46.4. The van der Waals surface area contributed by atoms with Gasteiger partial charge in [-0.05, 0) is 0 Å². The Labute approximate surface area is 528 Å². The van der Waals surface area contributed by atoms with Crippen LogP contribution in [0, 0.1) is 0 Å². The first-order chi connectivity index (χ1) is 43.9. The average molecular weight is 1360 g/mol. The van der Waals surface area contributed by atoms with Crippen LogP contribution >= 0.6 is 0 Å². The Balaban J connectivity index is 1.08. The highest BCUT2D eigenvalue weighted by Gasteiger charge is 2.59. The van der Waals surface area contributed by atoms with E-state index in [1.165, 1.54) is 0 Å². The van der Waals surface area contributed by atoms with E-state index in [0.29, 0.717) is 0 Å². The number of hydrogen-bond donors (Lipinski definition) is 23. The number of hydrogen-bond acceptors (Lipinski definition) is 36. The first-order valence-electron chi connectivity index (χ1n) is 29.6. The zero-order chi connectivity index (χ0) is 68.8. The molecule has 23 N–H and O–H groups in total. The van der Waals surface area contributed by atoms with Crippen molar-refractivity contribution >= 4 is 29.5 Å². The average Bonchev–Trinajstić information content (AvgIpc) is 0.812. The van der Waals surface area contributed by atoms with Crippen LogP contribution in [0.25, 0.3) is 0 Å². The molecule has 41 heteroatoms. The lowest BCUT2D eigenvalue weighted by molar-refractivity contribution is -0.375. The topological polar surface area (TPSA) is 630 Å². The zero-order valence-electron chi connectivity index (χ0n) is 50.6. The predicted molar refractivity (Wildman–Crippen MR) is 290 cm³/mol. The van der Waals surface area contributed by atoms with E-state index >= 15 is 0 Å². The Morgan fingerprint density at radius 2 is 0.548 bits per heavy atom. The maximum absolute atomic E-state index is 12.8. The van der Waals surface area contributed by atoms with Gasteiger partial charge in [0.05, 0.1) is 46.2 Å². The minimum atomic E-state index is -2.18. The smallest absolute Gasteiger partial charge is 0.217 e. The summed E-state index contributed by atoms with van der Waals surface area (Å²) in [6.07, 6.45) is -56.8. The van der Waals surface area contributed by atoms with Gasteiger partial charge in [-0.1, -0.05) is 0 Å². The molecule has 7 aliphatic heterocycles. The van der Waals surface area contributed by atoms with E-state index in [9.17, 15) is 116 Å². The lowest BCUT2D eigenvalue weighted by atomic mass is 9.93. The number of ether oxygens (including phenoxy) is 13. The van der Waals surface area contributed by atoms with Crippen molar-refractivity contribution in [3.63, 3.8) is 0 Å². The molecule has 0 aromatic carbocycles. The second-order valence-electron chi connectivity index (χ2n) is 23.3. The van der Waals surface area contributed by atoms with Gasteiger partial charge in [0.1, 0.15) is 171 Å². The maximum atomic E-state index is 12.8. The quantitative estimate of drug-likeness (QED) is 0.0427. The van der Waals surface area contributed by atoms with Crippen molar-refractivity contribution in [2.24, 2.45) is 0 Å². The first kappa shape index (κ1) is 76.5. The van der Waals surface area contributed by atoms with Crippen LogP contribution in [-0.4, -0.2) is 382 Å². The summed E-state index contributed by atoms with van der Waals surface area (Å²) in [7, 11) is 0. The molecule has 0 aliphatic carbocycles. The zero-order valence-corrected chi connectivity index (χ0v) is 50.6. The van der Waals surface area contributed by atoms with Crippen molar-refractivity contribution in [1.29, 1.82) is 0 Å². The minimum absolute atomic E-state index is 0.756. The van der Waals surface area contributed by atoms with Crippen molar-refractivity contribution in [2.75, 3.05) is 46.2 Å². The van der Waals surface area contributed by atoms with E-state index in [-0.39, 0.29) is 0 Å². The van der Waals surface area contributed by atoms with E-state index in [0.717, 1.165) is 34.6 Å². The molecule has 5 amide bonds. The van der Waals surface area contributed by atoms with Gasteiger partial charge in [0.2, 0.25) is 29.5 Å². The van der Waals surface area contributed by atoms with Gasteiger partial charge in [-0.25, -0.2) is 0 Å². The van der Waals surface area contributed by atoms with Crippen molar-refractivity contribution in [3.8, 4) is 0 Å². The van der Waals surface area contributed by atoms with Crippen LogP contribution < -0.4 is 26.6 Å². The molecular formula is C52H87N5O36. The summed E-state index contributed by atoms with van der Waals surface area (Å²) in [5.41, 5.74) is 0. The van der Waals surface area contributed by atoms with Gasteiger partial charge in [0.25, 0.3) is 0 Å². The van der Waals surface area contributed by atoms with Gasteiger partial charge in [-0.2, -0.15) is 0 Å². The number of carbonyl (C=O) groups excluding carboxylic acids is 5. The summed E-state index contributed by atoms with van der Waals surface area (Å²) >= 11 is 0. The molecule has 0 aromatic heterocycles. The largest absolute Gasteiger partial charge is 0.394 e. The number of carbonyl (C=O) groups is 5. The molecule has 0 spiro atoms. The SMILES string of the molecule is CC(=O)N[C@@H]1[C@@H](O[C@@H]2O[C@H](CO)[C@@H](O[C@@H]3O[C@H](CO)[C@H](O)[C@H](O[C@@H]4O[C@H](CO)[C@@H](O)[C@H](O)[C@H]4NC(C)=O)[C@H]3O)[C@H](O)[C@H]2NC(C)=O)[C@@H](O)[C@@H](CO[C@@H]2O[C@H](CO)[C@@H](O[C@@H]3O[C@H](CO)[C@H](O)[C@H](O[C@@H]4O[C@H](CO)[C@@H](O)[C@H](O)[C@H]4NC(C)=O)[C@H]3O)[C@H](O)[C@H]2NC(C)=O)O[C@@H]1O. The summed E-state index contributed by atoms with van der Waals surface area (Å²) in [5.74, 6) is -4.09. The monoisotopic (exact) mass is 1360 g/mol. The lowest BCUT2D eigenvalue weighted by Gasteiger charge is -2.50. The van der Waals surface area contributed by atoms with Gasteiger partial charge in [0.15, 0.2) is 44.0 Å². The molecular weight excluding hydrogens is 1270 g/mol. The molecule has 7 fully saturated rings. The molecule has 0 saturated carbocycles. The highest BCUT2D eigenvalue weighted by Crippen LogP contribution is 2.37. The third-order valence-electron chi connectivity index (χ3n) is 16.5. The number of rotatable bonds is 24. The van der Waals surface area contributed by atoms with Gasteiger partial charge in [-0.15, -0.1) is 0 Å². The Morgan fingerprint density at radius 3 is 0.903 bits per heavy atom. The van der Waals surface area contributed by atoms with Crippen molar-refractivity contribution in [3.05, 3.63) is 0 Å². The molecule has 7 aliphatic rings. The molecule has 41 nitrogen and oxygen atoms in total. The fourth-order valence-corrected chi connectivity index (χ4v) is 11.9. The summed E-state index contributed by atoms with van der Waals surface area (Å²) < 4.78 is 75.9. The number of nitrogens with one attached hydrogen (secondary N) is 5. The molecule has 7 rings (SSSR count). The summed E-state index contributed by atoms with van der Waals surface area (Å²) in [6, 6.07) is -8.52. The number of aliphatic hydroxyl groups excluding tert-OH is 18. The van der Waals surface area contributed by atoms with Gasteiger partial charge < -0.3 is 180 Å².